The van der Waals surface area contributed by atoms with Gasteiger partial charge in [0.15, 0.2) is 0 Å². The number of ether oxygens (including phenoxy) is 1. The highest BCUT2D eigenvalue weighted by Gasteiger charge is 2.29. The molecule has 0 saturated carbocycles. The third kappa shape index (κ3) is 2.69. The van der Waals surface area contributed by atoms with Gasteiger partial charge in [-0.2, -0.15) is 0 Å². The van der Waals surface area contributed by atoms with Crippen molar-refractivity contribution in [1.29, 1.82) is 0 Å². The molecule has 0 amide bonds. The number of fused-ring (bicyclic) bond motifs is 1. The summed E-state index contributed by atoms with van der Waals surface area (Å²) < 4.78 is 10.5. The van der Waals surface area contributed by atoms with Gasteiger partial charge in [-0.1, -0.05) is 19.0 Å². The summed E-state index contributed by atoms with van der Waals surface area (Å²) in [6.07, 6.45) is 2.34. The molecule has 1 aromatic rings. The van der Waals surface area contributed by atoms with Crippen LogP contribution in [0.15, 0.2) is 4.52 Å². The molecular weight excluding hydrogens is 216 g/mol. The van der Waals surface area contributed by atoms with Crippen molar-refractivity contribution in [2.24, 2.45) is 5.92 Å². The minimum absolute atomic E-state index is 0.499. The van der Waals surface area contributed by atoms with Crippen molar-refractivity contribution < 1.29 is 9.26 Å². The molecular formula is C13H22N2O2. The standard InChI is InChI=1S/C13H22N2O2/c1-9-4-5-11-12(8-14-6-7-16-3)15-17-13(11)10(9)2/h9-10,14H,4-8H2,1-3H3. The van der Waals surface area contributed by atoms with Crippen LogP contribution >= 0.6 is 0 Å². The van der Waals surface area contributed by atoms with Gasteiger partial charge >= 0.3 is 0 Å². The molecule has 0 aromatic carbocycles. The normalized spacial score (nSPS) is 23.7. The van der Waals surface area contributed by atoms with Crippen LogP contribution in [0.4, 0.5) is 0 Å². The first-order valence-electron chi connectivity index (χ1n) is 6.41. The van der Waals surface area contributed by atoms with Gasteiger partial charge in [0.2, 0.25) is 0 Å². The van der Waals surface area contributed by atoms with Gasteiger partial charge in [0.25, 0.3) is 0 Å². The predicted octanol–water partition coefficient (Wildman–Crippen LogP) is 2.10. The minimum atomic E-state index is 0.499. The fourth-order valence-electron chi connectivity index (χ4n) is 2.38. The van der Waals surface area contributed by atoms with Gasteiger partial charge in [-0.3, -0.25) is 0 Å². The quantitative estimate of drug-likeness (QED) is 0.798. The zero-order valence-electron chi connectivity index (χ0n) is 11.0. The van der Waals surface area contributed by atoms with E-state index in [4.69, 9.17) is 9.26 Å². The van der Waals surface area contributed by atoms with Gasteiger partial charge in [-0.25, -0.2) is 0 Å². The van der Waals surface area contributed by atoms with Gasteiger partial charge in [-0.15, -0.1) is 0 Å². The summed E-state index contributed by atoms with van der Waals surface area (Å²) >= 11 is 0. The fraction of sp³-hybridized carbons (Fsp3) is 0.769. The van der Waals surface area contributed by atoms with Crippen LogP contribution in [0, 0.1) is 5.92 Å². The van der Waals surface area contributed by atoms with Crippen molar-refractivity contribution in [1.82, 2.24) is 10.5 Å². The number of rotatable bonds is 5. The summed E-state index contributed by atoms with van der Waals surface area (Å²) in [4.78, 5) is 0. The second kappa shape index (κ2) is 5.65. The largest absolute Gasteiger partial charge is 0.383 e. The number of methoxy groups -OCH3 is 1. The van der Waals surface area contributed by atoms with Crippen molar-refractivity contribution in [3.05, 3.63) is 17.0 Å². The molecule has 0 aliphatic heterocycles. The van der Waals surface area contributed by atoms with Gasteiger partial charge in [0.1, 0.15) is 11.5 Å². The van der Waals surface area contributed by atoms with E-state index in [1.165, 1.54) is 12.0 Å². The first-order chi connectivity index (χ1) is 8.24. The van der Waals surface area contributed by atoms with E-state index in [9.17, 15) is 0 Å². The summed E-state index contributed by atoms with van der Waals surface area (Å²) in [7, 11) is 1.71. The van der Waals surface area contributed by atoms with E-state index < -0.39 is 0 Å². The molecule has 96 valence electrons. The minimum Gasteiger partial charge on any atom is -0.383 e. The van der Waals surface area contributed by atoms with Crippen LogP contribution in [0.3, 0.4) is 0 Å². The van der Waals surface area contributed by atoms with E-state index in [2.05, 4.69) is 24.3 Å². The SMILES string of the molecule is COCCNCc1noc2c1CCC(C)C2C. The maximum Gasteiger partial charge on any atom is 0.143 e. The number of hydrogen-bond acceptors (Lipinski definition) is 4. The first-order valence-corrected chi connectivity index (χ1v) is 6.41. The van der Waals surface area contributed by atoms with Crippen LogP contribution in [-0.2, 0) is 17.7 Å². The Balaban J connectivity index is 1.98. The third-order valence-electron chi connectivity index (χ3n) is 3.79. The lowest BCUT2D eigenvalue weighted by atomic mass is 9.80. The van der Waals surface area contributed by atoms with Crippen molar-refractivity contribution in [2.45, 2.75) is 39.2 Å². The summed E-state index contributed by atoms with van der Waals surface area (Å²) in [5, 5.41) is 7.52. The van der Waals surface area contributed by atoms with Crippen molar-refractivity contribution in [3.8, 4) is 0 Å². The lowest BCUT2D eigenvalue weighted by molar-refractivity contribution is 0.199. The van der Waals surface area contributed by atoms with E-state index in [1.54, 1.807) is 7.11 Å². The van der Waals surface area contributed by atoms with Crippen LogP contribution in [0.5, 0.6) is 0 Å². The second-order valence-corrected chi connectivity index (χ2v) is 4.95. The van der Waals surface area contributed by atoms with E-state index in [1.807, 2.05) is 0 Å². The third-order valence-corrected chi connectivity index (χ3v) is 3.79. The molecule has 4 nitrogen and oxygen atoms in total. The highest BCUT2D eigenvalue weighted by atomic mass is 16.5. The molecule has 1 aliphatic rings. The smallest absolute Gasteiger partial charge is 0.143 e. The zero-order valence-corrected chi connectivity index (χ0v) is 11.0. The Bertz CT molecular complexity index is 362. The molecule has 1 aromatic heterocycles. The summed E-state index contributed by atoms with van der Waals surface area (Å²) in [6.45, 7) is 6.88. The Morgan fingerprint density at radius 2 is 2.29 bits per heavy atom. The molecule has 0 radical (unpaired) electrons. The molecule has 0 bridgehead atoms. The maximum atomic E-state index is 5.51. The maximum absolute atomic E-state index is 5.51. The highest BCUT2D eigenvalue weighted by molar-refractivity contribution is 5.28. The number of nitrogens with one attached hydrogen (secondary N) is 1. The molecule has 0 fully saturated rings. The van der Waals surface area contributed by atoms with Crippen LogP contribution in [-0.4, -0.2) is 25.4 Å². The molecule has 2 rings (SSSR count). The van der Waals surface area contributed by atoms with Crippen LogP contribution < -0.4 is 5.32 Å². The Hall–Kier alpha value is -0.870. The molecule has 17 heavy (non-hydrogen) atoms. The summed E-state index contributed by atoms with van der Waals surface area (Å²) in [5.74, 6) is 2.30. The van der Waals surface area contributed by atoms with Gasteiger partial charge in [0, 0.05) is 31.7 Å². The summed E-state index contributed by atoms with van der Waals surface area (Å²) in [5.41, 5.74) is 2.41. The Morgan fingerprint density at radius 3 is 3.06 bits per heavy atom. The van der Waals surface area contributed by atoms with Crippen molar-refractivity contribution in [3.63, 3.8) is 0 Å². The zero-order chi connectivity index (χ0) is 12.3. The lowest BCUT2D eigenvalue weighted by Gasteiger charge is -2.23. The molecule has 2 unspecified atom stereocenters. The monoisotopic (exact) mass is 238 g/mol. The van der Waals surface area contributed by atoms with E-state index >= 15 is 0 Å². The number of aromatic nitrogens is 1. The van der Waals surface area contributed by atoms with Gasteiger partial charge < -0.3 is 14.6 Å². The molecule has 0 spiro atoms. The van der Waals surface area contributed by atoms with Crippen molar-refractivity contribution in [2.75, 3.05) is 20.3 Å². The second-order valence-electron chi connectivity index (χ2n) is 4.95. The Morgan fingerprint density at radius 1 is 1.47 bits per heavy atom. The van der Waals surface area contributed by atoms with Crippen LogP contribution in [0.1, 0.15) is 43.2 Å². The fourth-order valence-corrected chi connectivity index (χ4v) is 2.38. The number of hydrogen-bond donors (Lipinski definition) is 1. The lowest BCUT2D eigenvalue weighted by Crippen LogP contribution is -2.21. The highest BCUT2D eigenvalue weighted by Crippen LogP contribution is 2.36. The Labute approximate surface area is 103 Å². The average molecular weight is 238 g/mol. The van der Waals surface area contributed by atoms with Gasteiger partial charge in [0.05, 0.1) is 6.61 Å². The van der Waals surface area contributed by atoms with Crippen LogP contribution in [0.25, 0.3) is 0 Å². The molecule has 4 heteroatoms. The molecule has 0 saturated heterocycles. The predicted molar refractivity (Wildman–Crippen MR) is 66.0 cm³/mol. The molecule has 1 aliphatic carbocycles. The first kappa shape index (κ1) is 12.6. The molecule has 2 atom stereocenters. The molecule has 1 N–H and O–H groups in total. The molecule has 1 heterocycles. The Kier molecular flexibility index (Phi) is 4.18. The number of nitrogens with zero attached hydrogens (tertiary/aromatic N) is 1. The van der Waals surface area contributed by atoms with E-state index in [-0.39, 0.29) is 0 Å². The average Bonchev–Trinajstić information content (AvgIpc) is 2.73. The topological polar surface area (TPSA) is 47.3 Å². The van der Waals surface area contributed by atoms with Gasteiger partial charge in [-0.05, 0) is 18.8 Å². The summed E-state index contributed by atoms with van der Waals surface area (Å²) in [6, 6.07) is 0. The van der Waals surface area contributed by atoms with Crippen LogP contribution in [0.2, 0.25) is 0 Å². The van der Waals surface area contributed by atoms with E-state index in [0.717, 1.165) is 37.6 Å². The van der Waals surface area contributed by atoms with Crippen molar-refractivity contribution >= 4 is 0 Å². The van der Waals surface area contributed by atoms with E-state index in [0.29, 0.717) is 11.8 Å².